The van der Waals surface area contributed by atoms with Crippen LogP contribution in [0.25, 0.3) is 22.8 Å². The van der Waals surface area contributed by atoms with Gasteiger partial charge in [-0.15, -0.1) is 0 Å². The number of nitrogens with one attached hydrogen (secondary N) is 1. The zero-order chi connectivity index (χ0) is 24.1. The molecule has 3 rings (SSSR count). The summed E-state index contributed by atoms with van der Waals surface area (Å²) in [6, 6.07) is 13.0. The van der Waals surface area contributed by atoms with Gasteiger partial charge in [0.2, 0.25) is 5.91 Å². The van der Waals surface area contributed by atoms with Gasteiger partial charge >= 0.3 is 0 Å². The number of pyridine rings is 2. The van der Waals surface area contributed by atoms with Gasteiger partial charge in [-0.05, 0) is 55.8 Å². The fourth-order valence-electron chi connectivity index (χ4n) is 3.50. The number of hydrogen-bond donors (Lipinski definition) is 1. The summed E-state index contributed by atoms with van der Waals surface area (Å²) in [6.07, 6.45) is 6.84. The number of carbonyl (C=O) groups is 1. The normalized spacial score (nSPS) is 11.9. The minimum Gasteiger partial charge on any atom is -0.345 e. The summed E-state index contributed by atoms with van der Waals surface area (Å²) in [5.41, 5.74) is 3.89. The lowest BCUT2D eigenvalue weighted by molar-refractivity contribution is -0.124. The summed E-state index contributed by atoms with van der Waals surface area (Å²) in [5.74, 6) is 0.461. The molecule has 0 radical (unpaired) electrons. The monoisotopic (exact) mass is 440 g/mol. The minimum atomic E-state index is -0.180. The van der Waals surface area contributed by atoms with Crippen LogP contribution in [0.1, 0.15) is 18.2 Å². The van der Waals surface area contributed by atoms with Crippen LogP contribution < -0.4 is 10.7 Å². The van der Waals surface area contributed by atoms with Crippen molar-refractivity contribution in [1.82, 2.24) is 14.5 Å². The maximum Gasteiger partial charge on any atom is 0.248 e. The number of anilines is 1. The van der Waals surface area contributed by atoms with E-state index in [2.05, 4.69) is 18.5 Å². The number of aromatic nitrogens is 2. The topological polar surface area (TPSA) is 67.2 Å². The molecule has 168 valence electrons. The summed E-state index contributed by atoms with van der Waals surface area (Å²) in [6.45, 7) is 11.2. The average Bonchev–Trinajstić information content (AvgIpc) is 2.79. The van der Waals surface area contributed by atoms with Gasteiger partial charge in [-0.1, -0.05) is 37.4 Å². The highest BCUT2D eigenvalue weighted by Gasteiger charge is 2.15. The molecule has 3 aromatic rings. The van der Waals surface area contributed by atoms with E-state index in [0.29, 0.717) is 33.8 Å². The maximum absolute atomic E-state index is 13.1. The zero-order valence-electron chi connectivity index (χ0n) is 19.4. The number of para-hydroxylation sites is 1. The van der Waals surface area contributed by atoms with Crippen molar-refractivity contribution in [3.63, 3.8) is 0 Å². The summed E-state index contributed by atoms with van der Waals surface area (Å²) < 4.78 is 1.90. The number of aryl methyl sites for hydroxylation is 1. The van der Waals surface area contributed by atoms with Gasteiger partial charge < -0.3 is 10.2 Å². The Morgan fingerprint density at radius 1 is 1.15 bits per heavy atom. The number of fused-ring (bicyclic) bond motifs is 1. The number of hydrogen-bond acceptors (Lipinski definition) is 4. The third kappa shape index (κ3) is 5.01. The summed E-state index contributed by atoms with van der Waals surface area (Å²) in [5, 5.41) is 3.71. The van der Waals surface area contributed by atoms with Crippen molar-refractivity contribution in [2.24, 2.45) is 0 Å². The second kappa shape index (κ2) is 9.96. The Morgan fingerprint density at radius 3 is 2.45 bits per heavy atom. The fourth-order valence-corrected chi connectivity index (χ4v) is 3.50. The molecule has 0 fully saturated rings. The van der Waals surface area contributed by atoms with Crippen LogP contribution in [0.2, 0.25) is 0 Å². The number of nitrogens with zero attached hydrogens (tertiary/aromatic N) is 3. The molecule has 1 amide bonds. The van der Waals surface area contributed by atoms with Crippen LogP contribution in [0.3, 0.4) is 0 Å². The number of carbonyl (C=O) groups excluding carboxylic acids is 1. The smallest absolute Gasteiger partial charge is 0.248 e. The quantitative estimate of drug-likeness (QED) is 0.421. The number of benzene rings is 1. The fraction of sp³-hybridized carbons (Fsp3) is 0.148. The SMILES string of the molecule is C=C/C=C(\C=C)Nc1cc(=O)c2cc(/C=C(\C)C(=O)N(C)C)c(C)nc2n1-c1ccccc1. The molecule has 6 nitrogen and oxygen atoms in total. The van der Waals surface area contributed by atoms with Gasteiger partial charge in [-0.25, -0.2) is 4.98 Å². The lowest BCUT2D eigenvalue weighted by Gasteiger charge is -2.19. The summed E-state index contributed by atoms with van der Waals surface area (Å²) >= 11 is 0. The highest BCUT2D eigenvalue weighted by Crippen LogP contribution is 2.25. The van der Waals surface area contributed by atoms with E-state index in [9.17, 15) is 9.59 Å². The van der Waals surface area contributed by atoms with Crippen LogP contribution in [-0.4, -0.2) is 34.5 Å². The first-order valence-corrected chi connectivity index (χ1v) is 10.5. The van der Waals surface area contributed by atoms with Crippen molar-refractivity contribution in [3.05, 3.63) is 107 Å². The van der Waals surface area contributed by atoms with Crippen LogP contribution >= 0.6 is 0 Å². The van der Waals surface area contributed by atoms with Crippen molar-refractivity contribution in [3.8, 4) is 5.69 Å². The van der Waals surface area contributed by atoms with Crippen molar-refractivity contribution in [2.45, 2.75) is 13.8 Å². The van der Waals surface area contributed by atoms with E-state index < -0.39 is 0 Å². The van der Waals surface area contributed by atoms with E-state index in [0.717, 1.165) is 11.3 Å². The molecule has 0 bridgehead atoms. The standard InChI is InChI=1S/C27H28N4O2/c1-7-12-21(8-2)29-25-17-24(32)23-16-20(15-18(3)27(33)30(5)6)19(4)28-26(23)31(25)22-13-10-9-11-14-22/h7-17,29H,1-2H2,3-6H3/b18-15+,21-12+. The molecular weight excluding hydrogens is 412 g/mol. The molecule has 6 heteroatoms. The Kier molecular flexibility index (Phi) is 7.08. The highest BCUT2D eigenvalue weighted by atomic mass is 16.2. The molecular formula is C27H28N4O2. The Hall–Kier alpha value is -4.19. The molecule has 2 aromatic heterocycles. The molecule has 1 aromatic carbocycles. The molecule has 0 atom stereocenters. The second-order valence-electron chi connectivity index (χ2n) is 7.81. The van der Waals surface area contributed by atoms with Gasteiger partial charge in [0.1, 0.15) is 11.5 Å². The van der Waals surface area contributed by atoms with E-state index in [4.69, 9.17) is 4.98 Å². The molecule has 33 heavy (non-hydrogen) atoms. The summed E-state index contributed by atoms with van der Waals surface area (Å²) in [4.78, 5) is 31.8. The number of likely N-dealkylation sites (N-methyl/N-ethyl adjacent to an activating group) is 1. The van der Waals surface area contributed by atoms with Gasteiger partial charge in [-0.2, -0.15) is 0 Å². The van der Waals surface area contributed by atoms with E-state index in [1.54, 1.807) is 51.4 Å². The van der Waals surface area contributed by atoms with Crippen LogP contribution in [0.4, 0.5) is 5.82 Å². The lowest BCUT2D eigenvalue weighted by Crippen LogP contribution is -2.22. The molecule has 0 saturated heterocycles. The van der Waals surface area contributed by atoms with Gasteiger partial charge in [0.25, 0.3) is 0 Å². The van der Waals surface area contributed by atoms with Gasteiger partial charge in [0, 0.05) is 42.8 Å². The average molecular weight is 441 g/mol. The Labute approximate surface area is 193 Å². The third-order valence-corrected chi connectivity index (χ3v) is 5.14. The highest BCUT2D eigenvalue weighted by molar-refractivity contribution is 5.97. The Balaban J connectivity index is 2.31. The van der Waals surface area contributed by atoms with Crippen LogP contribution in [0.5, 0.6) is 0 Å². The largest absolute Gasteiger partial charge is 0.345 e. The van der Waals surface area contributed by atoms with Crippen molar-refractivity contribution in [1.29, 1.82) is 0 Å². The van der Waals surface area contributed by atoms with Gasteiger partial charge in [0.15, 0.2) is 5.43 Å². The number of amides is 1. The second-order valence-corrected chi connectivity index (χ2v) is 7.81. The van der Waals surface area contributed by atoms with Crippen LogP contribution in [-0.2, 0) is 4.79 Å². The van der Waals surface area contributed by atoms with Crippen molar-refractivity contribution < 1.29 is 4.79 Å². The van der Waals surface area contributed by atoms with E-state index in [-0.39, 0.29) is 11.3 Å². The molecule has 0 spiro atoms. The first-order chi connectivity index (χ1) is 15.8. The zero-order valence-corrected chi connectivity index (χ0v) is 19.4. The van der Waals surface area contributed by atoms with E-state index >= 15 is 0 Å². The summed E-state index contributed by atoms with van der Waals surface area (Å²) in [7, 11) is 3.41. The minimum absolute atomic E-state index is 0.0956. The van der Waals surface area contributed by atoms with Crippen LogP contribution in [0, 0.1) is 6.92 Å². The van der Waals surface area contributed by atoms with E-state index in [1.807, 2.05) is 41.8 Å². The number of allylic oxidation sites excluding steroid dienone is 3. The molecule has 0 saturated carbocycles. The van der Waals surface area contributed by atoms with Gasteiger partial charge in [0.05, 0.1) is 5.39 Å². The first-order valence-electron chi connectivity index (χ1n) is 10.5. The maximum atomic E-state index is 13.1. The van der Waals surface area contributed by atoms with Gasteiger partial charge in [-0.3, -0.25) is 14.2 Å². The van der Waals surface area contributed by atoms with Crippen molar-refractivity contribution in [2.75, 3.05) is 19.4 Å². The molecule has 0 aliphatic carbocycles. The first kappa shape index (κ1) is 23.5. The molecule has 2 heterocycles. The number of rotatable bonds is 7. The van der Waals surface area contributed by atoms with E-state index in [1.165, 1.54) is 11.0 Å². The predicted octanol–water partition coefficient (Wildman–Crippen LogP) is 4.85. The predicted molar refractivity (Wildman–Crippen MR) is 137 cm³/mol. The molecule has 0 aliphatic rings. The van der Waals surface area contributed by atoms with Crippen LogP contribution in [0.15, 0.2) is 89.9 Å². The Morgan fingerprint density at radius 2 is 1.85 bits per heavy atom. The molecule has 0 aliphatic heterocycles. The molecule has 0 unspecified atom stereocenters. The molecule has 1 N–H and O–H groups in total. The lowest BCUT2D eigenvalue weighted by atomic mass is 10.1. The van der Waals surface area contributed by atoms with Crippen molar-refractivity contribution >= 4 is 28.8 Å². The third-order valence-electron chi connectivity index (χ3n) is 5.14. The Bertz CT molecular complexity index is 1350.